The molecule has 0 spiro atoms. The van der Waals surface area contributed by atoms with Crippen LogP contribution in [-0.2, 0) is 6.54 Å². The maximum absolute atomic E-state index is 5.73. The summed E-state index contributed by atoms with van der Waals surface area (Å²) in [4.78, 5) is 9.31. The number of ether oxygens (including phenoxy) is 1. The minimum atomic E-state index is 0.579. The van der Waals surface area contributed by atoms with Crippen molar-refractivity contribution in [3.05, 3.63) is 23.9 Å². The smallest absolute Gasteiger partial charge is 0.217 e. The van der Waals surface area contributed by atoms with Gasteiger partial charge in [-0.05, 0) is 38.0 Å². The summed E-state index contributed by atoms with van der Waals surface area (Å²) >= 11 is 0. The monoisotopic (exact) mass is 292 g/mol. The van der Waals surface area contributed by atoms with Crippen LogP contribution >= 0.6 is 0 Å². The van der Waals surface area contributed by atoms with Crippen LogP contribution in [-0.4, -0.2) is 61.2 Å². The van der Waals surface area contributed by atoms with E-state index in [2.05, 4.69) is 27.8 Å². The summed E-state index contributed by atoms with van der Waals surface area (Å²) in [5.74, 6) is 1.32. The molecule has 1 aliphatic rings. The van der Waals surface area contributed by atoms with Crippen LogP contribution in [0.4, 0.5) is 0 Å². The summed E-state index contributed by atoms with van der Waals surface area (Å²) in [5, 5.41) is 0. The lowest BCUT2D eigenvalue weighted by molar-refractivity contribution is 0.230. The number of pyridine rings is 1. The molecule has 2 heterocycles. The molecule has 1 aliphatic heterocycles. The average molecular weight is 292 g/mol. The normalized spacial score (nSPS) is 19.2. The second-order valence-corrected chi connectivity index (χ2v) is 5.94. The van der Waals surface area contributed by atoms with Gasteiger partial charge in [-0.2, -0.15) is 0 Å². The number of nitrogens with zero attached hydrogens (tertiary/aromatic N) is 3. The van der Waals surface area contributed by atoms with Gasteiger partial charge < -0.3 is 15.4 Å². The van der Waals surface area contributed by atoms with Crippen LogP contribution in [0.2, 0.25) is 0 Å². The Hall–Kier alpha value is -1.17. The van der Waals surface area contributed by atoms with Crippen molar-refractivity contribution in [1.82, 2.24) is 14.8 Å². The molecule has 21 heavy (non-hydrogen) atoms. The average Bonchev–Trinajstić information content (AvgIpc) is 2.73. The molecule has 1 unspecified atom stereocenters. The van der Waals surface area contributed by atoms with Gasteiger partial charge in [-0.1, -0.05) is 13.0 Å². The minimum absolute atomic E-state index is 0.579. The fourth-order valence-electron chi connectivity index (χ4n) is 2.85. The Morgan fingerprint density at radius 2 is 2.05 bits per heavy atom. The highest BCUT2D eigenvalue weighted by atomic mass is 16.5. The van der Waals surface area contributed by atoms with Crippen molar-refractivity contribution >= 4 is 0 Å². The summed E-state index contributed by atoms with van der Waals surface area (Å²) in [6, 6.07) is 4.08. The van der Waals surface area contributed by atoms with E-state index in [1.807, 2.05) is 6.07 Å². The molecule has 0 aliphatic carbocycles. The summed E-state index contributed by atoms with van der Waals surface area (Å²) in [5.41, 5.74) is 6.90. The number of aromatic nitrogens is 1. The van der Waals surface area contributed by atoms with Crippen molar-refractivity contribution in [2.24, 2.45) is 11.7 Å². The largest absolute Gasteiger partial charge is 0.481 e. The standard InChI is InChI=1S/C16H28N4O/c1-14(11-17)12-19-7-4-8-20(10-9-19)13-15-5-3-6-18-16(15)21-2/h3,5-6,14H,4,7-13,17H2,1-2H3. The molecule has 1 saturated heterocycles. The van der Waals surface area contributed by atoms with Crippen molar-refractivity contribution in [3.63, 3.8) is 0 Å². The van der Waals surface area contributed by atoms with Crippen molar-refractivity contribution in [1.29, 1.82) is 0 Å². The first-order chi connectivity index (χ1) is 10.2. The van der Waals surface area contributed by atoms with Crippen LogP contribution in [0.5, 0.6) is 5.88 Å². The van der Waals surface area contributed by atoms with Gasteiger partial charge in [0.1, 0.15) is 0 Å². The minimum Gasteiger partial charge on any atom is -0.481 e. The van der Waals surface area contributed by atoms with Gasteiger partial charge in [-0.25, -0.2) is 4.98 Å². The molecule has 0 amide bonds. The van der Waals surface area contributed by atoms with E-state index >= 15 is 0 Å². The highest BCUT2D eigenvalue weighted by Gasteiger charge is 2.17. The van der Waals surface area contributed by atoms with Gasteiger partial charge >= 0.3 is 0 Å². The Morgan fingerprint density at radius 3 is 2.81 bits per heavy atom. The number of hydrogen-bond acceptors (Lipinski definition) is 5. The Kier molecular flexibility index (Phi) is 6.42. The molecule has 1 atom stereocenters. The number of hydrogen-bond donors (Lipinski definition) is 1. The van der Waals surface area contributed by atoms with Crippen molar-refractivity contribution in [3.8, 4) is 5.88 Å². The molecule has 0 aromatic carbocycles. The van der Waals surface area contributed by atoms with E-state index in [-0.39, 0.29) is 0 Å². The lowest BCUT2D eigenvalue weighted by atomic mass is 10.1. The second-order valence-electron chi connectivity index (χ2n) is 5.94. The van der Waals surface area contributed by atoms with Gasteiger partial charge in [0.15, 0.2) is 0 Å². The summed E-state index contributed by atoms with van der Waals surface area (Å²) in [6.07, 6.45) is 2.99. The molecule has 0 bridgehead atoms. The fourth-order valence-corrected chi connectivity index (χ4v) is 2.85. The van der Waals surface area contributed by atoms with Crippen LogP contribution in [0, 0.1) is 5.92 Å². The Balaban J connectivity index is 1.88. The third kappa shape index (κ3) is 4.95. The first-order valence-corrected chi connectivity index (χ1v) is 7.85. The Labute approximate surface area is 128 Å². The van der Waals surface area contributed by atoms with Crippen LogP contribution in [0.25, 0.3) is 0 Å². The first kappa shape index (κ1) is 16.2. The molecule has 1 fully saturated rings. The first-order valence-electron chi connectivity index (χ1n) is 7.85. The third-order valence-corrected chi connectivity index (χ3v) is 4.09. The molecule has 118 valence electrons. The lowest BCUT2D eigenvalue weighted by Gasteiger charge is -2.24. The highest BCUT2D eigenvalue weighted by Crippen LogP contribution is 2.17. The van der Waals surface area contributed by atoms with E-state index in [0.717, 1.165) is 45.1 Å². The molecule has 1 aromatic rings. The van der Waals surface area contributed by atoms with Gasteiger partial charge in [0, 0.05) is 37.9 Å². The quantitative estimate of drug-likeness (QED) is 0.853. The number of rotatable bonds is 6. The van der Waals surface area contributed by atoms with Crippen molar-refractivity contribution < 1.29 is 4.74 Å². The maximum atomic E-state index is 5.73. The van der Waals surface area contributed by atoms with E-state index < -0.39 is 0 Å². The Bertz CT molecular complexity index is 426. The molecular formula is C16H28N4O. The molecular weight excluding hydrogens is 264 g/mol. The van der Waals surface area contributed by atoms with Gasteiger partial charge in [-0.15, -0.1) is 0 Å². The molecule has 5 nitrogen and oxygen atoms in total. The third-order valence-electron chi connectivity index (χ3n) is 4.09. The SMILES string of the molecule is COc1ncccc1CN1CCCN(CC(C)CN)CC1. The van der Waals surface area contributed by atoms with E-state index in [1.54, 1.807) is 13.3 Å². The maximum Gasteiger partial charge on any atom is 0.217 e. The van der Waals surface area contributed by atoms with Gasteiger partial charge in [-0.3, -0.25) is 4.90 Å². The zero-order valence-corrected chi connectivity index (χ0v) is 13.3. The molecule has 0 radical (unpaired) electrons. The van der Waals surface area contributed by atoms with Crippen LogP contribution in [0.15, 0.2) is 18.3 Å². The van der Waals surface area contributed by atoms with E-state index in [0.29, 0.717) is 5.92 Å². The van der Waals surface area contributed by atoms with Crippen molar-refractivity contribution in [2.75, 3.05) is 46.4 Å². The van der Waals surface area contributed by atoms with E-state index in [9.17, 15) is 0 Å². The Morgan fingerprint density at radius 1 is 1.29 bits per heavy atom. The van der Waals surface area contributed by atoms with Crippen LogP contribution in [0.3, 0.4) is 0 Å². The molecule has 0 saturated carbocycles. The van der Waals surface area contributed by atoms with Crippen LogP contribution in [0.1, 0.15) is 18.9 Å². The van der Waals surface area contributed by atoms with Gasteiger partial charge in [0.05, 0.1) is 7.11 Å². The summed E-state index contributed by atoms with van der Waals surface area (Å²) in [6.45, 7) is 9.53. The lowest BCUT2D eigenvalue weighted by Crippen LogP contribution is -2.35. The predicted molar refractivity (Wildman–Crippen MR) is 85.3 cm³/mol. The van der Waals surface area contributed by atoms with Crippen molar-refractivity contribution in [2.45, 2.75) is 19.9 Å². The van der Waals surface area contributed by atoms with E-state index in [1.165, 1.54) is 18.5 Å². The van der Waals surface area contributed by atoms with Gasteiger partial charge in [0.25, 0.3) is 0 Å². The highest BCUT2D eigenvalue weighted by molar-refractivity contribution is 5.25. The second kappa shape index (κ2) is 8.32. The summed E-state index contributed by atoms with van der Waals surface area (Å²) < 4.78 is 5.34. The summed E-state index contributed by atoms with van der Waals surface area (Å²) in [7, 11) is 1.68. The van der Waals surface area contributed by atoms with Gasteiger partial charge in [0.2, 0.25) is 5.88 Å². The number of methoxy groups -OCH3 is 1. The van der Waals surface area contributed by atoms with E-state index in [4.69, 9.17) is 10.5 Å². The molecule has 1 aromatic heterocycles. The zero-order valence-electron chi connectivity index (χ0n) is 13.3. The van der Waals surface area contributed by atoms with Crippen LogP contribution < -0.4 is 10.5 Å². The zero-order chi connectivity index (χ0) is 15.1. The molecule has 5 heteroatoms. The molecule has 2 N–H and O–H groups in total. The topological polar surface area (TPSA) is 54.6 Å². The predicted octanol–water partition coefficient (Wildman–Crippen LogP) is 1.19. The molecule has 2 rings (SSSR count). The fraction of sp³-hybridized carbons (Fsp3) is 0.688. The number of nitrogens with two attached hydrogens (primary N) is 1.